The number of halogens is 3. The molecule has 3 heterocycles. The fraction of sp³-hybridized carbons (Fsp3) is 0.278. The first-order valence-electron chi connectivity index (χ1n) is 8.70. The number of amides is 1. The maximum Gasteiger partial charge on any atom is 0.433 e. The predicted octanol–water partition coefficient (Wildman–Crippen LogP) is 2.39. The van der Waals surface area contributed by atoms with Crippen molar-refractivity contribution < 1.29 is 22.7 Å². The quantitative estimate of drug-likeness (QED) is 0.718. The van der Waals surface area contributed by atoms with E-state index in [9.17, 15) is 18.0 Å². The molecule has 150 valence electrons. The minimum Gasteiger partial charge on any atom is -0.493 e. The van der Waals surface area contributed by atoms with E-state index in [0.29, 0.717) is 29.9 Å². The van der Waals surface area contributed by atoms with Crippen LogP contribution < -0.4 is 10.1 Å². The van der Waals surface area contributed by atoms with Crippen molar-refractivity contribution in [3.05, 3.63) is 54.1 Å². The lowest BCUT2D eigenvalue weighted by Gasteiger charge is -2.27. The molecule has 1 aliphatic rings. The van der Waals surface area contributed by atoms with E-state index in [1.165, 1.54) is 23.3 Å². The van der Waals surface area contributed by atoms with Gasteiger partial charge < -0.3 is 10.1 Å². The number of nitrogens with zero attached hydrogens (tertiary/aromatic N) is 5. The third-order valence-corrected chi connectivity index (χ3v) is 4.47. The van der Waals surface area contributed by atoms with Gasteiger partial charge in [-0.3, -0.25) is 9.78 Å². The van der Waals surface area contributed by atoms with Crippen molar-refractivity contribution in [2.75, 3.05) is 6.61 Å². The Hall–Kier alpha value is -3.50. The average molecular weight is 404 g/mol. The van der Waals surface area contributed by atoms with Crippen LogP contribution in [-0.4, -0.2) is 37.7 Å². The Morgan fingerprint density at radius 1 is 1.24 bits per heavy atom. The lowest BCUT2D eigenvalue weighted by atomic mass is 9.96. The zero-order valence-corrected chi connectivity index (χ0v) is 14.9. The van der Waals surface area contributed by atoms with E-state index in [4.69, 9.17) is 4.74 Å². The number of ether oxygens (including phenoxy) is 1. The van der Waals surface area contributed by atoms with Gasteiger partial charge in [0, 0.05) is 23.7 Å². The fourth-order valence-corrected chi connectivity index (χ4v) is 3.10. The highest BCUT2D eigenvalue weighted by atomic mass is 19.4. The first kappa shape index (κ1) is 18.8. The Kier molecular flexibility index (Phi) is 4.87. The number of nitrogens with one attached hydrogen (secondary N) is 1. The van der Waals surface area contributed by atoms with E-state index < -0.39 is 11.9 Å². The molecule has 2 aromatic heterocycles. The number of carbonyl (C=O) groups is 1. The zero-order chi connectivity index (χ0) is 20.4. The number of hydrogen-bond donors (Lipinski definition) is 1. The van der Waals surface area contributed by atoms with Gasteiger partial charge in [0.2, 0.25) is 5.91 Å². The Labute approximate surface area is 162 Å². The summed E-state index contributed by atoms with van der Waals surface area (Å²) in [7, 11) is 0. The van der Waals surface area contributed by atoms with Gasteiger partial charge in [0.25, 0.3) is 0 Å². The summed E-state index contributed by atoms with van der Waals surface area (Å²) in [6, 6.07) is 7.28. The minimum atomic E-state index is -4.49. The Morgan fingerprint density at radius 2 is 2.07 bits per heavy atom. The molecule has 1 unspecified atom stereocenters. The van der Waals surface area contributed by atoms with E-state index in [-0.39, 0.29) is 18.5 Å². The summed E-state index contributed by atoms with van der Waals surface area (Å²) in [5, 5.41) is 13.5. The standard InChI is InChI=1S/C18H15F3N6O2/c19-18(20,21)16-4-2-12(8-22-16)11-1-3-15-13(7-11)14(5-6-29-15)24-17(28)9-27-10-23-25-26-27/h1-4,7-8,10,14H,5-6,9H2,(H,24,28). The second kappa shape index (κ2) is 7.49. The molecule has 0 saturated heterocycles. The highest BCUT2D eigenvalue weighted by Gasteiger charge is 2.32. The monoisotopic (exact) mass is 404 g/mol. The van der Waals surface area contributed by atoms with Crippen LogP contribution in [0.2, 0.25) is 0 Å². The van der Waals surface area contributed by atoms with Crippen LogP contribution in [0.4, 0.5) is 13.2 Å². The third-order valence-electron chi connectivity index (χ3n) is 4.47. The molecular formula is C18H15F3N6O2. The summed E-state index contributed by atoms with van der Waals surface area (Å²) in [6.07, 6.45) is -1.41. The number of aromatic nitrogens is 5. The number of pyridine rings is 1. The summed E-state index contributed by atoms with van der Waals surface area (Å²) < 4.78 is 45.1. The first-order chi connectivity index (χ1) is 13.9. The molecule has 0 saturated carbocycles. The number of benzene rings is 1. The number of tetrazole rings is 1. The van der Waals surface area contributed by atoms with E-state index in [1.807, 2.05) is 0 Å². The number of fused-ring (bicyclic) bond motifs is 1. The van der Waals surface area contributed by atoms with Crippen LogP contribution >= 0.6 is 0 Å². The molecular weight excluding hydrogens is 389 g/mol. The lowest BCUT2D eigenvalue weighted by molar-refractivity contribution is -0.141. The van der Waals surface area contributed by atoms with Gasteiger partial charge >= 0.3 is 6.18 Å². The molecule has 0 aliphatic carbocycles. The molecule has 11 heteroatoms. The summed E-state index contributed by atoms with van der Waals surface area (Å²) in [5.41, 5.74) is 1.01. The summed E-state index contributed by atoms with van der Waals surface area (Å²) in [4.78, 5) is 15.8. The molecule has 0 bridgehead atoms. The summed E-state index contributed by atoms with van der Waals surface area (Å²) in [6.45, 7) is 0.409. The largest absolute Gasteiger partial charge is 0.493 e. The SMILES string of the molecule is O=C(Cn1cnnn1)NC1CCOc2ccc(-c3ccc(C(F)(F)F)nc3)cc21. The van der Waals surface area contributed by atoms with Crippen molar-refractivity contribution in [1.82, 2.24) is 30.5 Å². The molecule has 1 N–H and O–H groups in total. The smallest absolute Gasteiger partial charge is 0.433 e. The maximum atomic E-state index is 12.7. The van der Waals surface area contributed by atoms with Gasteiger partial charge in [0.15, 0.2) is 0 Å². The van der Waals surface area contributed by atoms with Crippen molar-refractivity contribution in [3.8, 4) is 16.9 Å². The van der Waals surface area contributed by atoms with Gasteiger partial charge in [-0.25, -0.2) is 4.68 Å². The van der Waals surface area contributed by atoms with E-state index >= 15 is 0 Å². The maximum absolute atomic E-state index is 12.7. The molecule has 1 aromatic carbocycles. The van der Waals surface area contributed by atoms with Gasteiger partial charge in [-0.2, -0.15) is 13.2 Å². The molecule has 1 atom stereocenters. The molecule has 29 heavy (non-hydrogen) atoms. The van der Waals surface area contributed by atoms with Crippen LogP contribution in [0.3, 0.4) is 0 Å². The average Bonchev–Trinajstić information content (AvgIpc) is 3.20. The zero-order valence-electron chi connectivity index (χ0n) is 14.9. The Morgan fingerprint density at radius 3 is 2.76 bits per heavy atom. The minimum absolute atomic E-state index is 0.0256. The summed E-state index contributed by atoms with van der Waals surface area (Å²) in [5.74, 6) is 0.351. The molecule has 0 radical (unpaired) electrons. The van der Waals surface area contributed by atoms with E-state index in [1.54, 1.807) is 18.2 Å². The second-order valence-electron chi connectivity index (χ2n) is 6.45. The topological polar surface area (TPSA) is 94.8 Å². The molecule has 1 aliphatic heterocycles. The number of rotatable bonds is 4. The fourth-order valence-electron chi connectivity index (χ4n) is 3.10. The van der Waals surface area contributed by atoms with Gasteiger partial charge in [-0.05, 0) is 34.2 Å². The van der Waals surface area contributed by atoms with Crippen molar-refractivity contribution in [1.29, 1.82) is 0 Å². The second-order valence-corrected chi connectivity index (χ2v) is 6.45. The number of hydrogen-bond acceptors (Lipinski definition) is 6. The van der Waals surface area contributed by atoms with Gasteiger partial charge in [0.05, 0.1) is 12.6 Å². The van der Waals surface area contributed by atoms with Crippen molar-refractivity contribution in [2.24, 2.45) is 0 Å². The van der Waals surface area contributed by atoms with E-state index in [2.05, 4.69) is 25.8 Å². The van der Waals surface area contributed by atoms with E-state index in [0.717, 1.165) is 11.6 Å². The number of alkyl halides is 3. The Balaban J connectivity index is 1.56. The lowest BCUT2D eigenvalue weighted by Crippen LogP contribution is -2.34. The third kappa shape index (κ3) is 4.18. The van der Waals surface area contributed by atoms with Crippen LogP contribution in [0, 0.1) is 0 Å². The van der Waals surface area contributed by atoms with Crippen molar-refractivity contribution in [3.63, 3.8) is 0 Å². The highest BCUT2D eigenvalue weighted by molar-refractivity contribution is 5.76. The molecule has 0 spiro atoms. The molecule has 0 fully saturated rings. The normalized spacial score (nSPS) is 16.0. The Bertz CT molecular complexity index is 1010. The van der Waals surface area contributed by atoms with Crippen LogP contribution in [0.5, 0.6) is 5.75 Å². The van der Waals surface area contributed by atoms with Crippen molar-refractivity contribution in [2.45, 2.75) is 25.2 Å². The van der Waals surface area contributed by atoms with Crippen LogP contribution in [-0.2, 0) is 17.5 Å². The molecule has 3 aromatic rings. The van der Waals surface area contributed by atoms with Crippen molar-refractivity contribution >= 4 is 5.91 Å². The van der Waals surface area contributed by atoms with Crippen LogP contribution in [0.1, 0.15) is 23.7 Å². The molecule has 4 rings (SSSR count). The predicted molar refractivity (Wildman–Crippen MR) is 93.5 cm³/mol. The summed E-state index contributed by atoms with van der Waals surface area (Å²) >= 11 is 0. The first-order valence-corrected chi connectivity index (χ1v) is 8.70. The van der Waals surface area contributed by atoms with Crippen LogP contribution in [0.25, 0.3) is 11.1 Å². The molecule has 1 amide bonds. The van der Waals surface area contributed by atoms with Gasteiger partial charge in [-0.1, -0.05) is 12.1 Å². The number of carbonyl (C=O) groups excluding carboxylic acids is 1. The van der Waals surface area contributed by atoms with Crippen LogP contribution in [0.15, 0.2) is 42.9 Å². The van der Waals surface area contributed by atoms with Gasteiger partial charge in [-0.15, -0.1) is 5.10 Å². The molecule has 8 nitrogen and oxygen atoms in total. The van der Waals surface area contributed by atoms with Gasteiger partial charge in [0.1, 0.15) is 24.3 Å². The highest BCUT2D eigenvalue weighted by Crippen LogP contribution is 2.36.